The van der Waals surface area contributed by atoms with Crippen LogP contribution in [0.15, 0.2) is 5.38 Å². The minimum absolute atomic E-state index is 0.117. The summed E-state index contributed by atoms with van der Waals surface area (Å²) in [6.45, 7) is 1.79. The summed E-state index contributed by atoms with van der Waals surface area (Å²) >= 11 is 1.07. The minimum atomic E-state index is -3.13. The first-order valence-electron chi connectivity index (χ1n) is 4.57. The molecule has 0 aromatic carbocycles. The van der Waals surface area contributed by atoms with E-state index in [0.29, 0.717) is 12.1 Å². The summed E-state index contributed by atoms with van der Waals surface area (Å²) in [6, 6.07) is 0. The Hall–Kier alpha value is -1.15. The molecule has 8 heteroatoms. The van der Waals surface area contributed by atoms with Gasteiger partial charge in [0.2, 0.25) is 0 Å². The highest BCUT2D eigenvalue weighted by Gasteiger charge is 2.13. The minimum Gasteiger partial charge on any atom is -0.465 e. The predicted molar refractivity (Wildman–Crippen MR) is 61.5 cm³/mol. The maximum absolute atomic E-state index is 11.5. The molecule has 0 aliphatic heterocycles. The molecule has 1 aromatic rings. The van der Waals surface area contributed by atoms with Crippen molar-refractivity contribution in [2.45, 2.75) is 19.1 Å². The zero-order valence-electron chi connectivity index (χ0n) is 8.63. The van der Waals surface area contributed by atoms with Crippen LogP contribution in [0.4, 0.5) is 9.93 Å². The van der Waals surface area contributed by atoms with Crippen LogP contribution < -0.4 is 5.32 Å². The average molecular weight is 264 g/mol. The molecular weight excluding hydrogens is 252 g/mol. The maximum Gasteiger partial charge on any atom is 0.410 e. The van der Waals surface area contributed by atoms with Crippen LogP contribution in [0.1, 0.15) is 19.0 Å². The van der Waals surface area contributed by atoms with Crippen LogP contribution >= 0.6 is 11.3 Å². The second kappa shape index (κ2) is 5.26. The Morgan fingerprint density at radius 2 is 2.31 bits per heavy atom. The zero-order chi connectivity index (χ0) is 12.2. The van der Waals surface area contributed by atoms with Gasteiger partial charge in [-0.25, -0.2) is 18.2 Å². The molecule has 0 aliphatic carbocycles. The first-order chi connectivity index (χ1) is 7.43. The molecule has 1 heterocycles. The van der Waals surface area contributed by atoms with Crippen molar-refractivity contribution in [3.8, 4) is 0 Å². The molecule has 0 saturated carbocycles. The fourth-order valence-corrected chi connectivity index (χ4v) is 3.30. The fraction of sp³-hybridized carbons (Fsp3) is 0.500. The molecule has 6 nitrogen and oxygen atoms in total. The van der Waals surface area contributed by atoms with E-state index in [1.807, 2.05) is 0 Å². The van der Waals surface area contributed by atoms with Gasteiger partial charge in [-0.2, -0.15) is 0 Å². The van der Waals surface area contributed by atoms with Crippen LogP contribution in [-0.4, -0.2) is 30.4 Å². The second-order valence-corrected chi connectivity index (χ2v) is 6.21. The molecule has 1 rings (SSSR count). The number of nitrogens with one attached hydrogen (secondary N) is 1. The van der Waals surface area contributed by atoms with Gasteiger partial charge in [-0.3, -0.25) is 5.32 Å². The third-order valence-corrected chi connectivity index (χ3v) is 4.22. The summed E-state index contributed by atoms with van der Waals surface area (Å²) in [6.07, 6.45) is -0.649. The number of sulfone groups is 1. The number of amides is 1. The Morgan fingerprint density at radius 1 is 1.62 bits per heavy atom. The monoisotopic (exact) mass is 264 g/mol. The van der Waals surface area contributed by atoms with Gasteiger partial charge in [0.25, 0.3) is 0 Å². The Balaban J connectivity index is 2.69. The number of thiazole rings is 1. The number of anilines is 1. The number of nitrogens with zero attached hydrogens (tertiary/aromatic N) is 1. The van der Waals surface area contributed by atoms with E-state index < -0.39 is 15.9 Å². The van der Waals surface area contributed by atoms with E-state index in [4.69, 9.17) is 5.11 Å². The second-order valence-electron chi connectivity index (χ2n) is 3.17. The van der Waals surface area contributed by atoms with Gasteiger partial charge in [0.15, 0.2) is 15.0 Å². The normalized spacial score (nSPS) is 11.3. The van der Waals surface area contributed by atoms with Gasteiger partial charge in [0, 0.05) is 5.38 Å². The molecule has 0 fully saturated rings. The topological polar surface area (TPSA) is 96.4 Å². The smallest absolute Gasteiger partial charge is 0.410 e. The predicted octanol–water partition coefficient (Wildman–Crippen LogP) is 1.56. The van der Waals surface area contributed by atoms with Crippen molar-refractivity contribution in [2.75, 3.05) is 11.1 Å². The molecule has 0 aliphatic rings. The van der Waals surface area contributed by atoms with Crippen LogP contribution in [0, 0.1) is 0 Å². The Labute approximate surface area is 97.2 Å². The number of aromatic nitrogens is 1. The van der Waals surface area contributed by atoms with E-state index in [1.54, 1.807) is 12.3 Å². The number of rotatable bonds is 5. The highest BCUT2D eigenvalue weighted by Crippen LogP contribution is 2.17. The Kier molecular flexibility index (Phi) is 4.25. The SMILES string of the molecule is CCCS(=O)(=O)Cc1csc(NC(=O)O)n1. The molecule has 16 heavy (non-hydrogen) atoms. The molecule has 0 radical (unpaired) electrons. The number of carboxylic acid groups (broad SMARTS) is 1. The first-order valence-corrected chi connectivity index (χ1v) is 7.28. The van der Waals surface area contributed by atoms with E-state index >= 15 is 0 Å². The van der Waals surface area contributed by atoms with Gasteiger partial charge < -0.3 is 5.11 Å². The molecule has 1 amide bonds. The van der Waals surface area contributed by atoms with E-state index in [1.165, 1.54) is 0 Å². The van der Waals surface area contributed by atoms with Crippen molar-refractivity contribution in [3.05, 3.63) is 11.1 Å². The van der Waals surface area contributed by atoms with E-state index in [0.717, 1.165) is 11.3 Å². The van der Waals surface area contributed by atoms with Gasteiger partial charge in [-0.15, -0.1) is 11.3 Å². The standard InChI is InChI=1S/C8H12N2O4S2/c1-2-3-16(13,14)5-6-4-15-7(9-6)10-8(11)12/h4H,2-3,5H2,1H3,(H,9,10)(H,11,12). The van der Waals surface area contributed by atoms with Crippen molar-refractivity contribution in [3.63, 3.8) is 0 Å². The molecule has 0 atom stereocenters. The van der Waals surface area contributed by atoms with E-state index in [-0.39, 0.29) is 16.6 Å². The zero-order valence-corrected chi connectivity index (χ0v) is 10.3. The van der Waals surface area contributed by atoms with Crippen LogP contribution in [0.5, 0.6) is 0 Å². The third kappa shape index (κ3) is 4.15. The molecular formula is C8H12N2O4S2. The quantitative estimate of drug-likeness (QED) is 0.841. The van der Waals surface area contributed by atoms with E-state index in [2.05, 4.69) is 10.3 Å². The third-order valence-electron chi connectivity index (χ3n) is 1.65. The summed E-state index contributed by atoms with van der Waals surface area (Å²) in [5.74, 6) is -0.0230. The van der Waals surface area contributed by atoms with Crippen molar-refractivity contribution in [2.24, 2.45) is 0 Å². The summed E-state index contributed by atoms with van der Waals surface area (Å²) < 4.78 is 22.9. The Morgan fingerprint density at radius 3 is 2.88 bits per heavy atom. The Bertz CT molecular complexity index is 466. The lowest BCUT2D eigenvalue weighted by atomic mass is 10.6. The van der Waals surface area contributed by atoms with Crippen molar-refractivity contribution in [1.82, 2.24) is 4.98 Å². The molecule has 1 aromatic heterocycles. The first kappa shape index (κ1) is 12.9. The molecule has 0 saturated heterocycles. The summed E-state index contributed by atoms with van der Waals surface area (Å²) in [4.78, 5) is 14.2. The van der Waals surface area contributed by atoms with Crippen molar-refractivity contribution < 1.29 is 18.3 Å². The summed E-state index contributed by atoms with van der Waals surface area (Å²) in [7, 11) is -3.13. The van der Waals surface area contributed by atoms with Gasteiger partial charge >= 0.3 is 6.09 Å². The molecule has 0 unspecified atom stereocenters. The van der Waals surface area contributed by atoms with Crippen LogP contribution in [0.2, 0.25) is 0 Å². The molecule has 90 valence electrons. The molecule has 0 spiro atoms. The number of carbonyl (C=O) groups is 1. The van der Waals surface area contributed by atoms with Gasteiger partial charge in [-0.05, 0) is 6.42 Å². The van der Waals surface area contributed by atoms with Crippen molar-refractivity contribution in [1.29, 1.82) is 0 Å². The lowest BCUT2D eigenvalue weighted by molar-refractivity contribution is 0.209. The van der Waals surface area contributed by atoms with Gasteiger partial charge in [0.1, 0.15) is 0 Å². The number of hydrogen-bond donors (Lipinski definition) is 2. The van der Waals surface area contributed by atoms with Crippen LogP contribution in [0.3, 0.4) is 0 Å². The molecule has 0 bridgehead atoms. The van der Waals surface area contributed by atoms with E-state index in [9.17, 15) is 13.2 Å². The maximum atomic E-state index is 11.5. The highest BCUT2D eigenvalue weighted by atomic mass is 32.2. The summed E-state index contributed by atoms with van der Waals surface area (Å²) in [5.41, 5.74) is 0.377. The fourth-order valence-electron chi connectivity index (χ4n) is 1.13. The molecule has 2 N–H and O–H groups in total. The van der Waals surface area contributed by atoms with Gasteiger partial charge in [-0.1, -0.05) is 6.92 Å². The largest absolute Gasteiger partial charge is 0.465 e. The lowest BCUT2D eigenvalue weighted by Gasteiger charge is -1.98. The van der Waals surface area contributed by atoms with Gasteiger partial charge in [0.05, 0.1) is 17.2 Å². The summed E-state index contributed by atoms with van der Waals surface area (Å²) in [5, 5.41) is 12.2. The average Bonchev–Trinajstić information content (AvgIpc) is 2.49. The van der Waals surface area contributed by atoms with Crippen LogP contribution in [0.25, 0.3) is 0 Å². The lowest BCUT2D eigenvalue weighted by Crippen LogP contribution is -2.10. The van der Waals surface area contributed by atoms with Crippen LogP contribution in [-0.2, 0) is 15.6 Å². The number of hydrogen-bond acceptors (Lipinski definition) is 5. The van der Waals surface area contributed by atoms with Crippen molar-refractivity contribution >= 4 is 32.4 Å². The highest BCUT2D eigenvalue weighted by molar-refractivity contribution is 7.90.